The fraction of sp³-hybridized carbons (Fsp3) is 0.240. The standard InChI is InChI=1S/C25H28N2O3S/c1-20-7-9-23(10-8-20)19-26-25(28)16-13-22-11-14-24(15-12-22)31(29,30)27-18-17-21-5-3-2-4-6-21/h2-12,14-15,27H,13,16-19H2,1H3,(H,26,28). The molecule has 0 aromatic heterocycles. The highest BCUT2D eigenvalue weighted by molar-refractivity contribution is 7.89. The van der Waals surface area contributed by atoms with Crippen LogP contribution in [-0.4, -0.2) is 20.9 Å². The number of sulfonamides is 1. The first-order valence-electron chi connectivity index (χ1n) is 10.4. The molecule has 0 fully saturated rings. The van der Waals surface area contributed by atoms with Gasteiger partial charge in [-0.05, 0) is 48.6 Å². The van der Waals surface area contributed by atoms with Crippen molar-refractivity contribution < 1.29 is 13.2 Å². The van der Waals surface area contributed by atoms with Crippen LogP contribution in [0, 0.1) is 6.92 Å². The van der Waals surface area contributed by atoms with Crippen molar-refractivity contribution in [2.75, 3.05) is 6.54 Å². The first-order chi connectivity index (χ1) is 14.9. The summed E-state index contributed by atoms with van der Waals surface area (Å²) in [6.07, 6.45) is 1.55. The summed E-state index contributed by atoms with van der Waals surface area (Å²) in [6, 6.07) is 24.5. The van der Waals surface area contributed by atoms with Crippen LogP contribution in [0.1, 0.15) is 28.7 Å². The molecule has 0 saturated heterocycles. The average Bonchev–Trinajstić information content (AvgIpc) is 2.78. The topological polar surface area (TPSA) is 75.3 Å². The molecule has 3 aromatic carbocycles. The van der Waals surface area contributed by atoms with Crippen LogP contribution in [0.5, 0.6) is 0 Å². The highest BCUT2D eigenvalue weighted by atomic mass is 32.2. The molecular weight excluding hydrogens is 408 g/mol. The Hall–Kier alpha value is -2.96. The predicted molar refractivity (Wildman–Crippen MR) is 123 cm³/mol. The lowest BCUT2D eigenvalue weighted by atomic mass is 10.1. The zero-order valence-electron chi connectivity index (χ0n) is 17.7. The Morgan fingerprint density at radius 1 is 0.774 bits per heavy atom. The lowest BCUT2D eigenvalue weighted by molar-refractivity contribution is -0.121. The van der Waals surface area contributed by atoms with Gasteiger partial charge in [0.1, 0.15) is 0 Å². The fourth-order valence-electron chi connectivity index (χ4n) is 3.15. The van der Waals surface area contributed by atoms with Crippen LogP contribution >= 0.6 is 0 Å². The van der Waals surface area contributed by atoms with Gasteiger partial charge in [-0.15, -0.1) is 0 Å². The fourth-order valence-corrected chi connectivity index (χ4v) is 4.18. The number of carbonyl (C=O) groups excluding carboxylic acids is 1. The number of carbonyl (C=O) groups is 1. The largest absolute Gasteiger partial charge is 0.352 e. The summed E-state index contributed by atoms with van der Waals surface area (Å²) in [5.74, 6) is -0.0279. The van der Waals surface area contributed by atoms with Gasteiger partial charge in [0.25, 0.3) is 0 Å². The van der Waals surface area contributed by atoms with E-state index >= 15 is 0 Å². The number of aryl methyl sites for hydroxylation is 2. The molecule has 0 heterocycles. The van der Waals surface area contributed by atoms with Gasteiger partial charge in [0, 0.05) is 19.5 Å². The molecule has 2 N–H and O–H groups in total. The summed E-state index contributed by atoms with van der Waals surface area (Å²) in [7, 11) is -3.55. The number of nitrogens with one attached hydrogen (secondary N) is 2. The van der Waals surface area contributed by atoms with E-state index < -0.39 is 10.0 Å². The number of benzene rings is 3. The summed E-state index contributed by atoms with van der Waals surface area (Å²) < 4.78 is 27.6. The van der Waals surface area contributed by atoms with Crippen LogP contribution in [0.25, 0.3) is 0 Å². The van der Waals surface area contributed by atoms with Crippen molar-refractivity contribution in [3.63, 3.8) is 0 Å². The smallest absolute Gasteiger partial charge is 0.240 e. The first-order valence-corrected chi connectivity index (χ1v) is 11.9. The van der Waals surface area contributed by atoms with E-state index in [2.05, 4.69) is 10.0 Å². The molecule has 5 nitrogen and oxygen atoms in total. The third-order valence-corrected chi connectivity index (χ3v) is 6.51. The van der Waals surface area contributed by atoms with Crippen molar-refractivity contribution in [1.29, 1.82) is 0 Å². The SMILES string of the molecule is Cc1ccc(CNC(=O)CCc2ccc(S(=O)(=O)NCCc3ccccc3)cc2)cc1. The Kier molecular flexibility index (Phi) is 7.98. The minimum absolute atomic E-state index is 0.0279. The van der Waals surface area contributed by atoms with Gasteiger partial charge in [-0.25, -0.2) is 13.1 Å². The van der Waals surface area contributed by atoms with Crippen LogP contribution in [0.2, 0.25) is 0 Å². The van der Waals surface area contributed by atoms with Crippen LogP contribution < -0.4 is 10.0 Å². The van der Waals surface area contributed by atoms with Gasteiger partial charge in [0.2, 0.25) is 15.9 Å². The molecule has 0 aliphatic heterocycles. The van der Waals surface area contributed by atoms with Crippen LogP contribution in [0.15, 0.2) is 83.8 Å². The number of hydrogen-bond acceptors (Lipinski definition) is 3. The van der Waals surface area contributed by atoms with E-state index in [1.165, 1.54) is 5.56 Å². The van der Waals surface area contributed by atoms with E-state index in [9.17, 15) is 13.2 Å². The molecule has 0 unspecified atom stereocenters. The third-order valence-electron chi connectivity index (χ3n) is 5.03. The Bertz CT molecular complexity index is 1080. The summed E-state index contributed by atoms with van der Waals surface area (Å²) in [6.45, 7) is 2.87. The quantitative estimate of drug-likeness (QED) is 0.508. The second-order valence-corrected chi connectivity index (χ2v) is 9.31. The Morgan fingerprint density at radius 2 is 1.39 bits per heavy atom. The molecule has 0 aliphatic carbocycles. The van der Waals surface area contributed by atoms with E-state index in [4.69, 9.17) is 0 Å². The summed E-state index contributed by atoms with van der Waals surface area (Å²) in [4.78, 5) is 12.3. The molecule has 162 valence electrons. The molecule has 31 heavy (non-hydrogen) atoms. The predicted octanol–water partition coefficient (Wildman–Crippen LogP) is 3.77. The van der Waals surface area contributed by atoms with Crippen molar-refractivity contribution in [2.45, 2.75) is 37.6 Å². The van der Waals surface area contributed by atoms with Crippen molar-refractivity contribution >= 4 is 15.9 Å². The number of hydrogen-bond donors (Lipinski definition) is 2. The molecular formula is C25H28N2O3S. The van der Waals surface area contributed by atoms with Crippen LogP contribution in [0.3, 0.4) is 0 Å². The molecule has 0 atom stereocenters. The molecule has 6 heteroatoms. The van der Waals surface area contributed by atoms with Crippen LogP contribution in [0.4, 0.5) is 0 Å². The molecule has 0 bridgehead atoms. The Balaban J connectivity index is 1.44. The van der Waals surface area contributed by atoms with E-state index in [0.717, 1.165) is 16.7 Å². The molecule has 3 aromatic rings. The van der Waals surface area contributed by atoms with E-state index in [-0.39, 0.29) is 10.8 Å². The number of rotatable bonds is 10. The monoisotopic (exact) mass is 436 g/mol. The van der Waals surface area contributed by atoms with Crippen molar-refractivity contribution in [3.8, 4) is 0 Å². The molecule has 3 rings (SSSR count). The third kappa shape index (κ3) is 7.35. The molecule has 0 aliphatic rings. The zero-order valence-corrected chi connectivity index (χ0v) is 18.5. The van der Waals surface area contributed by atoms with Gasteiger partial charge in [-0.3, -0.25) is 4.79 Å². The van der Waals surface area contributed by atoms with E-state index in [0.29, 0.717) is 32.4 Å². The van der Waals surface area contributed by atoms with Gasteiger partial charge in [0.05, 0.1) is 4.90 Å². The zero-order chi connectivity index (χ0) is 22.1. The van der Waals surface area contributed by atoms with Crippen LogP contribution in [-0.2, 0) is 34.2 Å². The number of amides is 1. The van der Waals surface area contributed by atoms with Gasteiger partial charge in [-0.1, -0.05) is 72.3 Å². The average molecular weight is 437 g/mol. The minimum Gasteiger partial charge on any atom is -0.352 e. The first kappa shape index (κ1) is 22.7. The second kappa shape index (κ2) is 10.9. The highest BCUT2D eigenvalue weighted by Crippen LogP contribution is 2.12. The maximum absolute atomic E-state index is 12.5. The lowest BCUT2D eigenvalue weighted by Gasteiger charge is -2.09. The molecule has 1 amide bonds. The van der Waals surface area contributed by atoms with E-state index in [1.807, 2.05) is 61.5 Å². The van der Waals surface area contributed by atoms with Crippen molar-refractivity contribution in [2.24, 2.45) is 0 Å². The van der Waals surface area contributed by atoms with Crippen molar-refractivity contribution in [3.05, 3.63) is 101 Å². The normalized spacial score (nSPS) is 11.3. The molecule has 0 saturated carbocycles. The maximum atomic E-state index is 12.5. The van der Waals surface area contributed by atoms with Gasteiger partial charge in [0.15, 0.2) is 0 Å². The molecule has 0 radical (unpaired) electrons. The van der Waals surface area contributed by atoms with E-state index in [1.54, 1.807) is 24.3 Å². The second-order valence-electron chi connectivity index (χ2n) is 7.54. The Morgan fingerprint density at radius 3 is 2.06 bits per heavy atom. The lowest BCUT2D eigenvalue weighted by Crippen LogP contribution is -2.26. The summed E-state index contributed by atoms with van der Waals surface area (Å²) >= 11 is 0. The minimum atomic E-state index is -3.55. The molecule has 0 spiro atoms. The highest BCUT2D eigenvalue weighted by Gasteiger charge is 2.13. The van der Waals surface area contributed by atoms with Gasteiger partial charge < -0.3 is 5.32 Å². The van der Waals surface area contributed by atoms with Gasteiger partial charge >= 0.3 is 0 Å². The summed E-state index contributed by atoms with van der Waals surface area (Å²) in [5, 5.41) is 2.92. The van der Waals surface area contributed by atoms with Gasteiger partial charge in [-0.2, -0.15) is 0 Å². The Labute approximate surface area is 184 Å². The maximum Gasteiger partial charge on any atom is 0.240 e. The summed E-state index contributed by atoms with van der Waals surface area (Å²) in [5.41, 5.74) is 4.26. The van der Waals surface area contributed by atoms with Crippen molar-refractivity contribution in [1.82, 2.24) is 10.0 Å².